The van der Waals surface area contributed by atoms with E-state index in [9.17, 15) is 9.59 Å². The van der Waals surface area contributed by atoms with Crippen LogP contribution >= 0.6 is 23.2 Å². The largest absolute Gasteiger partial charge is 0.481 e. The molecule has 0 saturated carbocycles. The Kier molecular flexibility index (Phi) is 4.68. The van der Waals surface area contributed by atoms with Crippen molar-refractivity contribution in [2.45, 2.75) is 30.5 Å². The molecule has 0 spiro atoms. The molecule has 2 N–H and O–H groups in total. The van der Waals surface area contributed by atoms with Crippen molar-refractivity contribution in [2.24, 2.45) is 5.92 Å². The fourth-order valence-electron chi connectivity index (χ4n) is 0.767. The van der Waals surface area contributed by atoms with Crippen LogP contribution in [0, 0.1) is 5.92 Å². The summed E-state index contributed by atoms with van der Waals surface area (Å²) < 4.78 is 0. The Morgan fingerprint density at radius 2 is 1.86 bits per heavy atom. The Morgan fingerprint density at radius 3 is 2.14 bits per heavy atom. The molecule has 0 aliphatic heterocycles. The highest BCUT2D eigenvalue weighted by atomic mass is 35.5. The molecule has 0 rings (SSSR count). The van der Waals surface area contributed by atoms with E-state index in [4.69, 9.17) is 33.4 Å². The third-order valence-corrected chi connectivity index (χ3v) is 3.14. The molecule has 4 nitrogen and oxygen atoms in total. The number of carbonyl (C=O) groups is 2. The molecule has 0 heterocycles. The normalized spacial score (nSPS) is 19.4. The fraction of sp³-hybridized carbons (Fsp3) is 0.750. The van der Waals surface area contributed by atoms with Crippen LogP contribution in [0.1, 0.15) is 20.3 Å². The number of carboxylic acid groups (broad SMARTS) is 2. The third kappa shape index (κ3) is 3.35. The van der Waals surface area contributed by atoms with E-state index in [1.54, 1.807) is 0 Å². The minimum Gasteiger partial charge on any atom is -0.481 e. The van der Waals surface area contributed by atoms with Crippen LogP contribution in [0.15, 0.2) is 0 Å². The standard InChI is InChI=1S/C8H12Cl2O4/c1-4(6(11)12)3-5(9)8(2,10)7(13)14/h4-5H,3H2,1-2H3,(H,11,12)(H,13,14). The van der Waals surface area contributed by atoms with E-state index in [0.29, 0.717) is 0 Å². The van der Waals surface area contributed by atoms with Gasteiger partial charge in [0, 0.05) is 0 Å². The Morgan fingerprint density at radius 1 is 1.43 bits per heavy atom. The monoisotopic (exact) mass is 242 g/mol. The molecule has 0 aromatic heterocycles. The Labute approximate surface area is 91.8 Å². The van der Waals surface area contributed by atoms with E-state index in [-0.39, 0.29) is 6.42 Å². The van der Waals surface area contributed by atoms with Crippen molar-refractivity contribution < 1.29 is 19.8 Å². The van der Waals surface area contributed by atoms with Crippen molar-refractivity contribution in [1.29, 1.82) is 0 Å². The summed E-state index contributed by atoms with van der Waals surface area (Å²) in [4.78, 5) is 19.5. The van der Waals surface area contributed by atoms with E-state index in [1.807, 2.05) is 0 Å². The molecule has 0 aliphatic carbocycles. The summed E-state index contributed by atoms with van der Waals surface area (Å²) in [6.07, 6.45) is 0.0171. The third-order valence-electron chi connectivity index (χ3n) is 1.99. The first-order chi connectivity index (χ1) is 6.19. The first kappa shape index (κ1) is 13.5. The molecule has 0 aromatic rings. The molecular weight excluding hydrogens is 231 g/mol. The highest BCUT2D eigenvalue weighted by Crippen LogP contribution is 2.29. The molecule has 14 heavy (non-hydrogen) atoms. The maximum atomic E-state index is 10.7. The lowest BCUT2D eigenvalue weighted by Crippen LogP contribution is -2.39. The predicted molar refractivity (Wildman–Crippen MR) is 53.0 cm³/mol. The van der Waals surface area contributed by atoms with Gasteiger partial charge in [-0.3, -0.25) is 9.59 Å². The van der Waals surface area contributed by atoms with Gasteiger partial charge in [-0.15, -0.1) is 23.2 Å². The van der Waals surface area contributed by atoms with Crippen LogP contribution in [0.5, 0.6) is 0 Å². The summed E-state index contributed by atoms with van der Waals surface area (Å²) >= 11 is 11.4. The van der Waals surface area contributed by atoms with E-state index < -0.39 is 28.1 Å². The topological polar surface area (TPSA) is 74.6 Å². The summed E-state index contributed by atoms with van der Waals surface area (Å²) in [7, 11) is 0. The van der Waals surface area contributed by atoms with Gasteiger partial charge in [0.25, 0.3) is 0 Å². The second-order valence-corrected chi connectivity index (χ2v) is 4.64. The van der Waals surface area contributed by atoms with Gasteiger partial charge in [-0.05, 0) is 13.3 Å². The summed E-state index contributed by atoms with van der Waals surface area (Å²) in [5.74, 6) is -2.99. The van der Waals surface area contributed by atoms with Crippen molar-refractivity contribution in [1.82, 2.24) is 0 Å². The molecular formula is C8H12Cl2O4. The molecule has 0 saturated heterocycles. The first-order valence-corrected chi connectivity index (χ1v) is 4.80. The molecule has 3 unspecified atom stereocenters. The van der Waals surface area contributed by atoms with Crippen molar-refractivity contribution in [3.63, 3.8) is 0 Å². The van der Waals surface area contributed by atoms with Crippen molar-refractivity contribution >= 4 is 35.1 Å². The summed E-state index contributed by atoms with van der Waals surface area (Å²) in [6.45, 7) is 2.70. The number of hydrogen-bond acceptors (Lipinski definition) is 2. The van der Waals surface area contributed by atoms with Crippen molar-refractivity contribution in [3.05, 3.63) is 0 Å². The first-order valence-electron chi connectivity index (χ1n) is 3.98. The molecule has 0 radical (unpaired) electrons. The van der Waals surface area contributed by atoms with E-state index in [2.05, 4.69) is 0 Å². The summed E-state index contributed by atoms with van der Waals surface area (Å²) in [6, 6.07) is 0. The van der Waals surface area contributed by atoms with Crippen LogP contribution < -0.4 is 0 Å². The van der Waals surface area contributed by atoms with Crippen molar-refractivity contribution in [3.8, 4) is 0 Å². The minimum absolute atomic E-state index is 0.0171. The summed E-state index contributed by atoms with van der Waals surface area (Å²) in [5, 5.41) is 16.4. The van der Waals surface area contributed by atoms with Gasteiger partial charge in [0.15, 0.2) is 4.87 Å². The number of carboxylic acids is 2. The maximum Gasteiger partial charge on any atom is 0.326 e. The number of rotatable bonds is 5. The van der Waals surface area contributed by atoms with Gasteiger partial charge in [-0.2, -0.15) is 0 Å². The quantitative estimate of drug-likeness (QED) is 0.722. The molecule has 0 aromatic carbocycles. The molecule has 0 amide bonds. The van der Waals surface area contributed by atoms with Gasteiger partial charge >= 0.3 is 11.9 Å². The molecule has 3 atom stereocenters. The zero-order chi connectivity index (χ0) is 11.5. The van der Waals surface area contributed by atoms with Crippen molar-refractivity contribution in [2.75, 3.05) is 0 Å². The smallest absolute Gasteiger partial charge is 0.326 e. The van der Waals surface area contributed by atoms with Gasteiger partial charge in [-0.1, -0.05) is 6.92 Å². The second kappa shape index (κ2) is 4.84. The van der Waals surface area contributed by atoms with E-state index in [0.717, 1.165) is 0 Å². The molecule has 6 heteroatoms. The highest BCUT2D eigenvalue weighted by Gasteiger charge is 2.39. The predicted octanol–water partition coefficient (Wildman–Crippen LogP) is 1.79. The zero-order valence-corrected chi connectivity index (χ0v) is 9.34. The van der Waals surface area contributed by atoms with Gasteiger partial charge in [0.2, 0.25) is 0 Å². The number of aliphatic carboxylic acids is 2. The Hall–Kier alpha value is -0.480. The Bertz CT molecular complexity index is 239. The van der Waals surface area contributed by atoms with Gasteiger partial charge in [-0.25, -0.2) is 0 Å². The molecule has 82 valence electrons. The second-order valence-electron chi connectivity index (χ2n) is 3.32. The van der Waals surface area contributed by atoms with E-state index in [1.165, 1.54) is 13.8 Å². The van der Waals surface area contributed by atoms with Crippen LogP contribution in [0.2, 0.25) is 0 Å². The molecule has 0 bridgehead atoms. The summed E-state index contributed by atoms with van der Waals surface area (Å²) in [5.41, 5.74) is 0. The minimum atomic E-state index is -1.63. The number of hydrogen-bond donors (Lipinski definition) is 2. The van der Waals surface area contributed by atoms with Crippen LogP contribution in [-0.4, -0.2) is 32.4 Å². The van der Waals surface area contributed by atoms with Crippen LogP contribution in [0.3, 0.4) is 0 Å². The van der Waals surface area contributed by atoms with Crippen LogP contribution in [0.4, 0.5) is 0 Å². The number of alkyl halides is 2. The SMILES string of the molecule is CC(CC(Cl)C(C)(Cl)C(=O)O)C(=O)O. The van der Waals surface area contributed by atoms with Gasteiger partial charge in [0.05, 0.1) is 11.3 Å². The average Bonchev–Trinajstić information content (AvgIpc) is 2.03. The fourth-order valence-corrected chi connectivity index (χ4v) is 1.22. The van der Waals surface area contributed by atoms with Gasteiger partial charge in [0.1, 0.15) is 0 Å². The molecule has 0 fully saturated rings. The lowest BCUT2D eigenvalue weighted by Gasteiger charge is -2.23. The average molecular weight is 243 g/mol. The van der Waals surface area contributed by atoms with Gasteiger partial charge < -0.3 is 10.2 Å². The maximum absolute atomic E-state index is 10.7. The van der Waals surface area contributed by atoms with Crippen LogP contribution in [-0.2, 0) is 9.59 Å². The lowest BCUT2D eigenvalue weighted by atomic mass is 9.97. The molecule has 0 aliphatic rings. The zero-order valence-electron chi connectivity index (χ0n) is 7.83. The van der Waals surface area contributed by atoms with E-state index >= 15 is 0 Å². The highest BCUT2D eigenvalue weighted by molar-refractivity contribution is 6.39. The lowest BCUT2D eigenvalue weighted by molar-refractivity contribution is -0.143. The van der Waals surface area contributed by atoms with Crippen LogP contribution in [0.25, 0.3) is 0 Å². The Balaban J connectivity index is 4.41. The number of halogens is 2.